The number of aromatic nitrogens is 4. The number of carbonyl (C=O) groups is 1. The van der Waals surface area contributed by atoms with Gasteiger partial charge < -0.3 is 15.2 Å². The van der Waals surface area contributed by atoms with Crippen molar-refractivity contribution in [3.8, 4) is 0 Å². The molecular formula is C19H19ClN6O3. The number of nitrogens with two attached hydrogens (primary N) is 1. The molecule has 150 valence electrons. The van der Waals surface area contributed by atoms with Crippen LogP contribution in [0.3, 0.4) is 0 Å². The van der Waals surface area contributed by atoms with E-state index in [2.05, 4.69) is 9.97 Å². The number of hydrogen-bond acceptors (Lipinski definition) is 6. The molecule has 0 atom stereocenters. The van der Waals surface area contributed by atoms with Gasteiger partial charge in [-0.1, -0.05) is 11.6 Å². The van der Waals surface area contributed by atoms with Crippen LogP contribution in [0.15, 0.2) is 40.2 Å². The summed E-state index contributed by atoms with van der Waals surface area (Å²) in [6.07, 6.45) is 4.07. The quantitative estimate of drug-likeness (QED) is 0.641. The molecule has 0 unspecified atom stereocenters. The first kappa shape index (κ1) is 19.1. The molecule has 10 heteroatoms. The summed E-state index contributed by atoms with van der Waals surface area (Å²) in [6.45, 7) is 1.20. The molecule has 3 heterocycles. The van der Waals surface area contributed by atoms with E-state index < -0.39 is 17.0 Å². The van der Waals surface area contributed by atoms with Crippen molar-refractivity contribution in [1.82, 2.24) is 19.1 Å². The predicted octanol–water partition coefficient (Wildman–Crippen LogP) is 1.08. The van der Waals surface area contributed by atoms with Gasteiger partial charge in [0.2, 0.25) is 5.95 Å². The lowest BCUT2D eigenvalue weighted by Gasteiger charge is -2.33. The molecule has 0 radical (unpaired) electrons. The molecule has 0 bridgehead atoms. The summed E-state index contributed by atoms with van der Waals surface area (Å²) in [5.74, 6) is -0.0801. The zero-order chi connectivity index (χ0) is 20.7. The normalized spacial score (nSPS) is 15.0. The lowest BCUT2D eigenvalue weighted by atomic mass is 10.0. The second-order valence-corrected chi connectivity index (χ2v) is 7.46. The van der Waals surface area contributed by atoms with Gasteiger partial charge in [-0.25, -0.2) is 9.97 Å². The molecular weight excluding hydrogens is 396 g/mol. The van der Waals surface area contributed by atoms with Gasteiger partial charge in [0, 0.05) is 43.6 Å². The van der Waals surface area contributed by atoms with Crippen molar-refractivity contribution in [2.45, 2.75) is 18.9 Å². The minimum atomic E-state index is -0.578. The van der Waals surface area contributed by atoms with Gasteiger partial charge in [0.25, 0.3) is 5.91 Å². The first-order valence-corrected chi connectivity index (χ1v) is 9.52. The molecule has 2 N–H and O–H groups in total. The van der Waals surface area contributed by atoms with Crippen LogP contribution in [0.25, 0.3) is 11.0 Å². The number of carbonyl (C=O) groups excluding carboxylic acids is 1. The fraction of sp³-hybridized carbons (Fsp3) is 0.316. The second kappa shape index (κ2) is 7.32. The Morgan fingerprint density at radius 1 is 1.10 bits per heavy atom. The Hall–Kier alpha value is -3.20. The van der Waals surface area contributed by atoms with Crippen LogP contribution in [-0.2, 0) is 7.05 Å². The molecule has 0 spiro atoms. The third kappa shape index (κ3) is 3.38. The number of fused-ring (bicyclic) bond motifs is 1. The van der Waals surface area contributed by atoms with Crippen LogP contribution in [0.5, 0.6) is 0 Å². The zero-order valence-corrected chi connectivity index (χ0v) is 16.5. The first-order chi connectivity index (χ1) is 13.9. The highest BCUT2D eigenvalue weighted by molar-refractivity contribution is 6.31. The molecule has 29 heavy (non-hydrogen) atoms. The average molecular weight is 415 g/mol. The molecule has 1 saturated heterocycles. The van der Waals surface area contributed by atoms with Gasteiger partial charge in [-0.05, 0) is 31.0 Å². The Morgan fingerprint density at radius 2 is 1.76 bits per heavy atom. The number of primary amides is 1. The van der Waals surface area contributed by atoms with E-state index in [9.17, 15) is 14.4 Å². The number of piperidine rings is 1. The number of nitrogens with zero attached hydrogens (tertiary/aromatic N) is 5. The van der Waals surface area contributed by atoms with Crippen LogP contribution in [0.4, 0.5) is 5.95 Å². The van der Waals surface area contributed by atoms with Gasteiger partial charge >= 0.3 is 11.1 Å². The van der Waals surface area contributed by atoms with Crippen LogP contribution in [0, 0.1) is 0 Å². The second-order valence-electron chi connectivity index (χ2n) is 7.03. The first-order valence-electron chi connectivity index (χ1n) is 9.14. The molecule has 1 amide bonds. The van der Waals surface area contributed by atoms with Gasteiger partial charge in [-0.3, -0.25) is 19.0 Å². The van der Waals surface area contributed by atoms with Crippen molar-refractivity contribution in [2.75, 3.05) is 18.0 Å². The highest BCUT2D eigenvalue weighted by atomic mass is 35.5. The molecule has 2 aromatic heterocycles. The molecule has 9 nitrogen and oxygen atoms in total. The fourth-order valence-corrected chi connectivity index (χ4v) is 3.90. The maximum Gasteiger partial charge on any atom is 0.317 e. The van der Waals surface area contributed by atoms with E-state index in [1.807, 2.05) is 4.90 Å². The van der Waals surface area contributed by atoms with Gasteiger partial charge in [-0.2, -0.15) is 0 Å². The van der Waals surface area contributed by atoms with Crippen molar-refractivity contribution in [3.63, 3.8) is 0 Å². The molecule has 1 fully saturated rings. The zero-order valence-electron chi connectivity index (χ0n) is 15.7. The van der Waals surface area contributed by atoms with E-state index >= 15 is 0 Å². The number of anilines is 1. The Kier molecular flexibility index (Phi) is 4.83. The van der Waals surface area contributed by atoms with Crippen LogP contribution >= 0.6 is 11.6 Å². The number of amides is 1. The lowest BCUT2D eigenvalue weighted by Crippen LogP contribution is -2.45. The minimum Gasteiger partial charge on any atom is -0.366 e. The molecule has 3 aromatic rings. The third-order valence-electron chi connectivity index (χ3n) is 5.30. The van der Waals surface area contributed by atoms with E-state index in [0.717, 1.165) is 0 Å². The highest BCUT2D eigenvalue weighted by Gasteiger charge is 2.25. The summed E-state index contributed by atoms with van der Waals surface area (Å²) in [5.41, 5.74) is 5.65. The molecule has 4 rings (SSSR count). The Morgan fingerprint density at radius 3 is 2.38 bits per heavy atom. The Balaban J connectivity index is 1.64. The van der Waals surface area contributed by atoms with Crippen molar-refractivity contribution in [3.05, 3.63) is 61.9 Å². The highest BCUT2D eigenvalue weighted by Crippen LogP contribution is 2.27. The van der Waals surface area contributed by atoms with E-state index in [-0.39, 0.29) is 11.6 Å². The van der Waals surface area contributed by atoms with Crippen LogP contribution in [0.2, 0.25) is 5.02 Å². The topological polar surface area (TPSA) is 116 Å². The monoisotopic (exact) mass is 414 g/mol. The molecule has 1 aromatic carbocycles. The fourth-order valence-electron chi connectivity index (χ4n) is 3.74. The molecule has 1 aliphatic rings. The standard InChI is InChI=1S/C19H19ClN6O3/c1-24-14-3-2-12(20)8-15(14)26(18(29)17(24)28)13-4-6-25(7-5-13)19-22-9-11(10-23-19)16(21)27/h2-3,8-10,13H,4-7H2,1H3,(H2,21,27). The number of halogens is 1. The van der Waals surface area contributed by atoms with Crippen molar-refractivity contribution in [1.29, 1.82) is 0 Å². The van der Waals surface area contributed by atoms with Gasteiger partial charge in [0.1, 0.15) is 0 Å². The van der Waals surface area contributed by atoms with Gasteiger partial charge in [-0.15, -0.1) is 0 Å². The summed E-state index contributed by atoms with van der Waals surface area (Å²) in [6, 6.07) is 5.03. The summed E-state index contributed by atoms with van der Waals surface area (Å²) < 4.78 is 2.92. The SMILES string of the molecule is Cn1c(=O)c(=O)n(C2CCN(c3ncc(C(N)=O)cn3)CC2)c2cc(Cl)ccc21. The molecule has 1 aliphatic heterocycles. The van der Waals surface area contributed by atoms with E-state index in [0.29, 0.717) is 47.9 Å². The largest absolute Gasteiger partial charge is 0.366 e. The van der Waals surface area contributed by atoms with Crippen LogP contribution < -0.4 is 21.8 Å². The summed E-state index contributed by atoms with van der Waals surface area (Å²) >= 11 is 6.15. The number of rotatable bonds is 3. The number of hydrogen-bond donors (Lipinski definition) is 1. The van der Waals surface area contributed by atoms with Crippen molar-refractivity contribution < 1.29 is 4.79 Å². The molecule has 0 aliphatic carbocycles. The van der Waals surface area contributed by atoms with Crippen LogP contribution in [0.1, 0.15) is 29.2 Å². The lowest BCUT2D eigenvalue weighted by molar-refractivity contribution is 0.0999. The smallest absolute Gasteiger partial charge is 0.317 e. The third-order valence-corrected chi connectivity index (χ3v) is 5.54. The number of benzene rings is 1. The van der Waals surface area contributed by atoms with Crippen LogP contribution in [-0.4, -0.2) is 38.1 Å². The van der Waals surface area contributed by atoms with E-state index in [1.54, 1.807) is 29.8 Å². The Labute approximate surface area is 170 Å². The van der Waals surface area contributed by atoms with Crippen molar-refractivity contribution in [2.24, 2.45) is 12.8 Å². The summed E-state index contributed by atoms with van der Waals surface area (Å²) in [7, 11) is 1.58. The van der Waals surface area contributed by atoms with E-state index in [1.165, 1.54) is 17.0 Å². The minimum absolute atomic E-state index is 0.140. The predicted molar refractivity (Wildman–Crippen MR) is 109 cm³/mol. The van der Waals surface area contributed by atoms with Gasteiger partial charge in [0.05, 0.1) is 16.6 Å². The number of aryl methyl sites for hydroxylation is 1. The van der Waals surface area contributed by atoms with E-state index in [4.69, 9.17) is 17.3 Å². The average Bonchev–Trinajstić information content (AvgIpc) is 2.73. The molecule has 0 saturated carbocycles. The maximum atomic E-state index is 12.8. The van der Waals surface area contributed by atoms with Gasteiger partial charge in [0.15, 0.2) is 0 Å². The Bertz CT molecular complexity index is 1210. The summed E-state index contributed by atoms with van der Waals surface area (Å²) in [5, 5.41) is 0.504. The van der Waals surface area contributed by atoms with Crippen molar-refractivity contribution >= 4 is 34.5 Å². The summed E-state index contributed by atoms with van der Waals surface area (Å²) in [4.78, 5) is 46.7. The maximum absolute atomic E-state index is 12.8.